The third-order valence-electron chi connectivity index (χ3n) is 6.67. The number of ether oxygens (including phenoxy) is 1. The summed E-state index contributed by atoms with van der Waals surface area (Å²) in [5.74, 6) is 0.878. The van der Waals surface area contributed by atoms with Crippen LogP contribution in [-0.2, 0) is 4.74 Å². The van der Waals surface area contributed by atoms with Gasteiger partial charge in [-0.3, -0.25) is 4.90 Å². The molecule has 3 fully saturated rings. The van der Waals surface area contributed by atoms with Gasteiger partial charge in [-0.15, -0.1) is 0 Å². The molecule has 1 aromatic carbocycles. The van der Waals surface area contributed by atoms with Crippen molar-refractivity contribution in [2.24, 2.45) is 17.1 Å². The van der Waals surface area contributed by atoms with Crippen LogP contribution >= 0.6 is 0 Å². The molecule has 1 aromatic rings. The van der Waals surface area contributed by atoms with E-state index in [9.17, 15) is 0 Å². The molecule has 0 aromatic heterocycles. The fourth-order valence-corrected chi connectivity index (χ4v) is 5.17. The summed E-state index contributed by atoms with van der Waals surface area (Å²) in [7, 11) is 0. The zero-order valence-corrected chi connectivity index (χ0v) is 15.6. The molecular formula is C21H33N3O. The lowest BCUT2D eigenvalue weighted by Gasteiger charge is -2.52. The van der Waals surface area contributed by atoms with Gasteiger partial charge in [0, 0.05) is 45.0 Å². The van der Waals surface area contributed by atoms with Gasteiger partial charge in [-0.2, -0.15) is 0 Å². The van der Waals surface area contributed by atoms with Crippen molar-refractivity contribution < 1.29 is 4.74 Å². The van der Waals surface area contributed by atoms with Gasteiger partial charge in [0.2, 0.25) is 0 Å². The molecule has 4 rings (SSSR count). The van der Waals surface area contributed by atoms with Crippen molar-refractivity contribution in [3.8, 4) is 0 Å². The quantitative estimate of drug-likeness (QED) is 0.913. The van der Waals surface area contributed by atoms with E-state index in [1.54, 1.807) is 0 Å². The molecule has 2 heterocycles. The van der Waals surface area contributed by atoms with Crippen molar-refractivity contribution in [2.45, 2.75) is 38.7 Å². The van der Waals surface area contributed by atoms with E-state index in [1.165, 1.54) is 56.6 Å². The van der Waals surface area contributed by atoms with E-state index in [0.29, 0.717) is 18.1 Å². The molecule has 2 saturated heterocycles. The normalized spacial score (nSPS) is 33.4. The van der Waals surface area contributed by atoms with Gasteiger partial charge in [0.15, 0.2) is 0 Å². The Morgan fingerprint density at radius 3 is 2.56 bits per heavy atom. The Morgan fingerprint density at radius 1 is 1.16 bits per heavy atom. The van der Waals surface area contributed by atoms with E-state index >= 15 is 0 Å². The Balaban J connectivity index is 1.21. The number of hydrogen-bond acceptors (Lipinski definition) is 4. The highest BCUT2D eigenvalue weighted by Gasteiger charge is 2.46. The average molecular weight is 344 g/mol. The average Bonchev–Trinajstić information content (AvgIpc) is 2.62. The molecule has 1 spiro atoms. The van der Waals surface area contributed by atoms with Gasteiger partial charge in [-0.1, -0.05) is 18.2 Å². The predicted octanol–water partition coefficient (Wildman–Crippen LogP) is 2.65. The molecule has 25 heavy (non-hydrogen) atoms. The second kappa shape index (κ2) is 7.26. The molecule has 0 amide bonds. The molecule has 4 nitrogen and oxygen atoms in total. The van der Waals surface area contributed by atoms with Crippen LogP contribution < -0.4 is 10.6 Å². The van der Waals surface area contributed by atoms with Crippen LogP contribution in [0.2, 0.25) is 0 Å². The Bertz CT molecular complexity index is 566. The second-order valence-electron chi connectivity index (χ2n) is 8.56. The Labute approximate surface area is 152 Å². The van der Waals surface area contributed by atoms with E-state index in [1.807, 2.05) is 0 Å². The number of nitrogens with zero attached hydrogens (tertiary/aromatic N) is 2. The number of rotatable bonds is 4. The molecule has 3 aliphatic rings. The molecule has 138 valence electrons. The lowest BCUT2D eigenvalue weighted by atomic mass is 9.59. The van der Waals surface area contributed by atoms with Crippen LogP contribution in [0.1, 0.15) is 31.2 Å². The van der Waals surface area contributed by atoms with Crippen molar-refractivity contribution in [3.05, 3.63) is 29.8 Å². The minimum absolute atomic E-state index is 0.319. The van der Waals surface area contributed by atoms with Gasteiger partial charge in [-0.25, -0.2) is 0 Å². The number of piperazine rings is 1. The molecule has 0 bridgehead atoms. The summed E-state index contributed by atoms with van der Waals surface area (Å²) < 4.78 is 5.95. The van der Waals surface area contributed by atoms with Crippen molar-refractivity contribution in [3.63, 3.8) is 0 Å². The van der Waals surface area contributed by atoms with Crippen LogP contribution in [0.4, 0.5) is 5.69 Å². The van der Waals surface area contributed by atoms with E-state index in [0.717, 1.165) is 25.6 Å². The maximum absolute atomic E-state index is 5.95. The summed E-state index contributed by atoms with van der Waals surface area (Å²) in [6, 6.07) is 8.77. The number of para-hydroxylation sites is 1. The molecule has 1 atom stereocenters. The zero-order chi connectivity index (χ0) is 17.3. The smallest absolute Gasteiger partial charge is 0.0697 e. The molecular weight excluding hydrogens is 310 g/mol. The highest BCUT2D eigenvalue weighted by Crippen LogP contribution is 2.51. The monoisotopic (exact) mass is 343 g/mol. The van der Waals surface area contributed by atoms with Crippen molar-refractivity contribution in [1.82, 2.24) is 4.90 Å². The summed E-state index contributed by atoms with van der Waals surface area (Å²) in [5, 5.41) is 0. The van der Waals surface area contributed by atoms with Gasteiger partial charge in [-0.05, 0) is 55.6 Å². The van der Waals surface area contributed by atoms with E-state index < -0.39 is 0 Å². The lowest BCUT2D eigenvalue weighted by molar-refractivity contribution is -0.118. The second-order valence-corrected chi connectivity index (χ2v) is 8.56. The number of benzene rings is 1. The van der Waals surface area contributed by atoms with Gasteiger partial charge in [0.05, 0.1) is 12.7 Å². The van der Waals surface area contributed by atoms with E-state index in [2.05, 4.69) is 41.0 Å². The molecule has 1 saturated carbocycles. The van der Waals surface area contributed by atoms with Gasteiger partial charge < -0.3 is 15.4 Å². The maximum Gasteiger partial charge on any atom is 0.0697 e. The van der Waals surface area contributed by atoms with Crippen LogP contribution in [-0.4, -0.2) is 56.9 Å². The predicted molar refractivity (Wildman–Crippen MR) is 103 cm³/mol. The number of anilines is 1. The van der Waals surface area contributed by atoms with Crippen LogP contribution in [0.3, 0.4) is 0 Å². The minimum atomic E-state index is 0.319. The Kier molecular flexibility index (Phi) is 5.03. The number of nitrogens with two attached hydrogens (primary N) is 1. The largest absolute Gasteiger partial charge is 0.376 e. The van der Waals surface area contributed by atoms with Crippen molar-refractivity contribution >= 4 is 5.69 Å². The van der Waals surface area contributed by atoms with Crippen LogP contribution in [0.5, 0.6) is 0 Å². The van der Waals surface area contributed by atoms with E-state index in [-0.39, 0.29) is 0 Å². The number of hydrogen-bond donors (Lipinski definition) is 1. The Morgan fingerprint density at radius 2 is 1.92 bits per heavy atom. The fourth-order valence-electron chi connectivity index (χ4n) is 5.17. The summed E-state index contributed by atoms with van der Waals surface area (Å²) >= 11 is 0. The fraction of sp³-hybridized carbons (Fsp3) is 0.714. The van der Waals surface area contributed by atoms with Gasteiger partial charge >= 0.3 is 0 Å². The molecule has 4 heteroatoms. The molecule has 1 unspecified atom stereocenters. The minimum Gasteiger partial charge on any atom is -0.376 e. The third kappa shape index (κ3) is 3.71. The first-order valence-corrected chi connectivity index (χ1v) is 10.0. The topological polar surface area (TPSA) is 41.7 Å². The molecule has 2 N–H and O–H groups in total. The first-order chi connectivity index (χ1) is 12.2. The highest BCUT2D eigenvalue weighted by atomic mass is 16.5. The van der Waals surface area contributed by atoms with Gasteiger partial charge in [0.1, 0.15) is 0 Å². The highest BCUT2D eigenvalue weighted by molar-refractivity contribution is 5.53. The first kappa shape index (κ1) is 17.3. The summed E-state index contributed by atoms with van der Waals surface area (Å²) in [5.41, 5.74) is 9.04. The first-order valence-electron chi connectivity index (χ1n) is 10.0. The summed E-state index contributed by atoms with van der Waals surface area (Å²) in [6.45, 7) is 9.85. The molecule has 2 aliphatic heterocycles. The van der Waals surface area contributed by atoms with Crippen molar-refractivity contribution in [2.75, 3.05) is 50.8 Å². The number of aryl methyl sites for hydroxylation is 1. The third-order valence-corrected chi connectivity index (χ3v) is 6.67. The Hall–Kier alpha value is -1.10. The van der Waals surface area contributed by atoms with Crippen LogP contribution in [0.15, 0.2) is 24.3 Å². The standard InChI is InChI=1S/C21H33N3O/c1-17-4-2-3-5-20(17)24-10-8-23(9-11-24)15-18-12-21(13-18)7-6-19(14-22)25-16-21/h2-5,18-19H,6-16,22H2,1H3. The maximum atomic E-state index is 5.95. The van der Waals surface area contributed by atoms with Crippen molar-refractivity contribution in [1.29, 1.82) is 0 Å². The summed E-state index contributed by atoms with van der Waals surface area (Å²) in [4.78, 5) is 5.23. The van der Waals surface area contributed by atoms with Gasteiger partial charge in [0.25, 0.3) is 0 Å². The molecule has 0 radical (unpaired) electrons. The lowest BCUT2D eigenvalue weighted by Crippen LogP contribution is -2.53. The van der Waals surface area contributed by atoms with Crippen LogP contribution in [0.25, 0.3) is 0 Å². The van der Waals surface area contributed by atoms with E-state index in [4.69, 9.17) is 10.5 Å². The van der Waals surface area contributed by atoms with Crippen LogP contribution in [0, 0.1) is 18.3 Å². The molecule has 1 aliphatic carbocycles. The SMILES string of the molecule is Cc1ccccc1N1CCN(CC2CC3(CCC(CN)OC3)C2)CC1. The zero-order valence-electron chi connectivity index (χ0n) is 15.6. The summed E-state index contributed by atoms with van der Waals surface area (Å²) in [6.07, 6.45) is 5.54.